The van der Waals surface area contributed by atoms with Crippen LogP contribution in [0.15, 0.2) is 10.8 Å². The van der Waals surface area contributed by atoms with Gasteiger partial charge in [0.05, 0.1) is 5.69 Å². The molecule has 2 rings (SSSR count). The Morgan fingerprint density at radius 3 is 3.07 bits per heavy atom. The van der Waals surface area contributed by atoms with Crippen molar-refractivity contribution in [2.24, 2.45) is 5.73 Å². The van der Waals surface area contributed by atoms with Crippen LogP contribution in [0.5, 0.6) is 0 Å². The maximum Gasteiger partial charge on any atom is 0.259 e. The first-order chi connectivity index (χ1) is 6.68. The molecule has 1 amide bonds. The maximum absolute atomic E-state index is 11.8. The molecule has 5 heteroatoms. The summed E-state index contributed by atoms with van der Waals surface area (Å²) in [6, 6.07) is 0.110. The summed E-state index contributed by atoms with van der Waals surface area (Å²) in [4.78, 5) is 13.6. The Hall–Kier alpha value is -1.36. The van der Waals surface area contributed by atoms with Crippen LogP contribution in [-0.4, -0.2) is 35.1 Å². The Kier molecular flexibility index (Phi) is 2.25. The van der Waals surface area contributed by atoms with Crippen LogP contribution >= 0.6 is 0 Å². The number of aryl methyl sites for hydroxylation is 1. The van der Waals surface area contributed by atoms with E-state index >= 15 is 0 Å². The molecule has 76 valence electrons. The predicted molar refractivity (Wildman–Crippen MR) is 49.7 cm³/mol. The second-order valence-electron chi connectivity index (χ2n) is 3.61. The van der Waals surface area contributed by atoms with E-state index < -0.39 is 0 Å². The monoisotopic (exact) mass is 195 g/mol. The van der Waals surface area contributed by atoms with Gasteiger partial charge in [-0.05, 0) is 13.3 Å². The van der Waals surface area contributed by atoms with Gasteiger partial charge in [0.2, 0.25) is 0 Å². The van der Waals surface area contributed by atoms with E-state index in [9.17, 15) is 4.79 Å². The topological polar surface area (TPSA) is 72.4 Å². The minimum absolute atomic E-state index is 0.0308. The second-order valence-corrected chi connectivity index (χ2v) is 3.61. The molecule has 2 N–H and O–H groups in total. The van der Waals surface area contributed by atoms with Crippen LogP contribution in [0.4, 0.5) is 0 Å². The van der Waals surface area contributed by atoms with Crippen LogP contribution in [0.2, 0.25) is 0 Å². The van der Waals surface area contributed by atoms with Crippen LogP contribution in [0.25, 0.3) is 0 Å². The van der Waals surface area contributed by atoms with Gasteiger partial charge in [-0.3, -0.25) is 4.79 Å². The van der Waals surface area contributed by atoms with Crippen LogP contribution in [-0.2, 0) is 0 Å². The van der Waals surface area contributed by atoms with Gasteiger partial charge in [-0.25, -0.2) is 0 Å². The van der Waals surface area contributed by atoms with Gasteiger partial charge in [0, 0.05) is 19.1 Å². The Labute approximate surface area is 81.8 Å². The molecular weight excluding hydrogens is 182 g/mol. The minimum atomic E-state index is -0.0308. The molecule has 0 aromatic carbocycles. The molecule has 1 aromatic rings. The smallest absolute Gasteiger partial charge is 0.259 e. The Morgan fingerprint density at radius 1 is 1.79 bits per heavy atom. The fraction of sp³-hybridized carbons (Fsp3) is 0.556. The lowest BCUT2D eigenvalue weighted by molar-refractivity contribution is 0.0789. The van der Waals surface area contributed by atoms with E-state index in [-0.39, 0.29) is 11.9 Å². The van der Waals surface area contributed by atoms with Crippen LogP contribution in [0, 0.1) is 6.92 Å². The van der Waals surface area contributed by atoms with Crippen LogP contribution < -0.4 is 5.73 Å². The van der Waals surface area contributed by atoms with E-state index in [1.54, 1.807) is 11.8 Å². The largest absolute Gasteiger partial charge is 0.364 e. The van der Waals surface area contributed by atoms with Crippen molar-refractivity contribution in [2.75, 3.05) is 13.1 Å². The molecule has 0 spiro atoms. The lowest BCUT2D eigenvalue weighted by atomic mass is 10.2. The third-order valence-corrected chi connectivity index (χ3v) is 2.49. The third-order valence-electron chi connectivity index (χ3n) is 2.49. The molecule has 1 unspecified atom stereocenters. The van der Waals surface area contributed by atoms with Crippen molar-refractivity contribution in [3.63, 3.8) is 0 Å². The van der Waals surface area contributed by atoms with Crippen molar-refractivity contribution in [3.05, 3.63) is 17.5 Å². The van der Waals surface area contributed by atoms with Gasteiger partial charge in [0.1, 0.15) is 11.8 Å². The number of nitrogens with zero attached hydrogens (tertiary/aromatic N) is 2. The van der Waals surface area contributed by atoms with E-state index in [0.717, 1.165) is 13.0 Å². The highest BCUT2D eigenvalue weighted by Gasteiger charge is 2.26. The molecule has 0 radical (unpaired) electrons. The van der Waals surface area contributed by atoms with Gasteiger partial charge in [0.25, 0.3) is 5.91 Å². The molecule has 2 heterocycles. The van der Waals surface area contributed by atoms with Gasteiger partial charge < -0.3 is 15.2 Å². The molecule has 1 aliphatic rings. The summed E-state index contributed by atoms with van der Waals surface area (Å²) < 4.78 is 4.72. The molecule has 1 atom stereocenters. The van der Waals surface area contributed by atoms with Crippen molar-refractivity contribution >= 4 is 5.91 Å². The number of carbonyl (C=O) groups excluding carboxylic acids is 1. The van der Waals surface area contributed by atoms with Gasteiger partial charge in [-0.1, -0.05) is 5.16 Å². The molecule has 0 aliphatic carbocycles. The highest BCUT2D eigenvalue weighted by molar-refractivity contribution is 5.95. The number of carbonyl (C=O) groups is 1. The second kappa shape index (κ2) is 3.42. The summed E-state index contributed by atoms with van der Waals surface area (Å²) >= 11 is 0. The molecule has 0 bridgehead atoms. The first-order valence-corrected chi connectivity index (χ1v) is 4.64. The fourth-order valence-electron chi connectivity index (χ4n) is 1.64. The zero-order valence-electron chi connectivity index (χ0n) is 8.06. The van der Waals surface area contributed by atoms with Crippen molar-refractivity contribution in [1.82, 2.24) is 10.1 Å². The number of aromatic nitrogens is 1. The lowest BCUT2D eigenvalue weighted by Crippen LogP contribution is -2.32. The van der Waals surface area contributed by atoms with E-state index in [1.807, 2.05) is 0 Å². The van der Waals surface area contributed by atoms with E-state index in [2.05, 4.69) is 5.16 Å². The Morgan fingerprint density at radius 2 is 2.57 bits per heavy atom. The van der Waals surface area contributed by atoms with Crippen molar-refractivity contribution in [2.45, 2.75) is 19.4 Å². The predicted octanol–water partition coefficient (Wildman–Crippen LogP) is 0.156. The summed E-state index contributed by atoms with van der Waals surface area (Å²) in [7, 11) is 0. The Bertz CT molecular complexity index is 348. The van der Waals surface area contributed by atoms with Gasteiger partial charge in [-0.15, -0.1) is 0 Å². The van der Waals surface area contributed by atoms with E-state index in [0.29, 0.717) is 17.8 Å². The maximum atomic E-state index is 11.8. The normalized spacial score (nSPS) is 21.6. The highest BCUT2D eigenvalue weighted by atomic mass is 16.5. The van der Waals surface area contributed by atoms with Gasteiger partial charge in [-0.2, -0.15) is 0 Å². The summed E-state index contributed by atoms with van der Waals surface area (Å²) in [5.41, 5.74) is 6.90. The number of nitrogens with two attached hydrogens (primary N) is 1. The third kappa shape index (κ3) is 1.50. The summed E-state index contributed by atoms with van der Waals surface area (Å²) in [6.07, 6.45) is 2.26. The van der Waals surface area contributed by atoms with Crippen molar-refractivity contribution < 1.29 is 9.32 Å². The first kappa shape index (κ1) is 9.21. The molecular formula is C9H13N3O2. The number of amides is 1. The fourth-order valence-corrected chi connectivity index (χ4v) is 1.64. The molecule has 1 fully saturated rings. The molecule has 1 aliphatic heterocycles. The molecule has 1 aromatic heterocycles. The standard InChI is InChI=1S/C9H13N3O2/c1-6-8(5-14-11-6)9(13)12-3-2-7(10)4-12/h5,7H,2-4,10H2,1H3. The quantitative estimate of drug-likeness (QED) is 0.692. The van der Waals surface area contributed by atoms with E-state index in [4.69, 9.17) is 10.3 Å². The number of rotatable bonds is 1. The highest BCUT2D eigenvalue weighted by Crippen LogP contribution is 2.14. The molecule has 1 saturated heterocycles. The van der Waals surface area contributed by atoms with Gasteiger partial charge in [0.15, 0.2) is 0 Å². The van der Waals surface area contributed by atoms with Crippen molar-refractivity contribution in [1.29, 1.82) is 0 Å². The summed E-state index contributed by atoms with van der Waals surface area (Å²) in [5, 5.41) is 3.67. The van der Waals surface area contributed by atoms with Gasteiger partial charge >= 0.3 is 0 Å². The van der Waals surface area contributed by atoms with Crippen molar-refractivity contribution in [3.8, 4) is 0 Å². The zero-order valence-corrected chi connectivity index (χ0v) is 8.06. The molecule has 0 saturated carbocycles. The SMILES string of the molecule is Cc1nocc1C(=O)N1CCC(N)C1. The number of hydrogen-bond acceptors (Lipinski definition) is 4. The van der Waals surface area contributed by atoms with E-state index in [1.165, 1.54) is 6.26 Å². The average Bonchev–Trinajstić information content (AvgIpc) is 2.73. The first-order valence-electron chi connectivity index (χ1n) is 4.64. The lowest BCUT2D eigenvalue weighted by Gasteiger charge is -2.14. The molecule has 14 heavy (non-hydrogen) atoms. The minimum Gasteiger partial charge on any atom is -0.364 e. The summed E-state index contributed by atoms with van der Waals surface area (Å²) in [5.74, 6) is -0.0308. The summed E-state index contributed by atoms with van der Waals surface area (Å²) in [6.45, 7) is 3.11. The van der Waals surface area contributed by atoms with Crippen LogP contribution in [0.3, 0.4) is 0 Å². The molecule has 5 nitrogen and oxygen atoms in total. The Balaban J connectivity index is 2.13. The average molecular weight is 195 g/mol. The number of hydrogen-bond donors (Lipinski definition) is 1. The number of likely N-dealkylation sites (tertiary alicyclic amines) is 1. The van der Waals surface area contributed by atoms with Crippen LogP contribution in [0.1, 0.15) is 22.5 Å². The zero-order chi connectivity index (χ0) is 10.1.